The number of methoxy groups -OCH3 is 1. The normalized spacial score (nSPS) is 11.1. The van der Waals surface area contributed by atoms with Gasteiger partial charge in [0.05, 0.1) is 25.1 Å². The topological polar surface area (TPSA) is 91.0 Å². The zero-order valence-electron chi connectivity index (χ0n) is 20.4. The summed E-state index contributed by atoms with van der Waals surface area (Å²) in [5.41, 5.74) is 4.32. The number of fused-ring (bicyclic) bond motifs is 1. The minimum Gasteiger partial charge on any atom is -0.497 e. The van der Waals surface area contributed by atoms with Crippen molar-refractivity contribution < 1.29 is 9.53 Å². The van der Waals surface area contributed by atoms with Gasteiger partial charge in [0.1, 0.15) is 11.3 Å². The lowest BCUT2D eigenvalue weighted by Gasteiger charge is -2.14. The van der Waals surface area contributed by atoms with Crippen molar-refractivity contribution in [1.29, 1.82) is 0 Å². The van der Waals surface area contributed by atoms with Crippen LogP contribution in [0.2, 0.25) is 0 Å². The molecule has 2 heterocycles. The molecule has 8 nitrogen and oxygen atoms in total. The lowest BCUT2D eigenvalue weighted by atomic mass is 10.1. The molecule has 4 aromatic rings. The Balaban J connectivity index is 1.68. The van der Waals surface area contributed by atoms with E-state index in [1.54, 1.807) is 16.4 Å². The average molecular weight is 492 g/mol. The Morgan fingerprint density at radius 3 is 2.69 bits per heavy atom. The maximum absolute atomic E-state index is 13.6. The smallest absolute Gasteiger partial charge is 0.280 e. The van der Waals surface area contributed by atoms with Crippen LogP contribution >= 0.6 is 11.8 Å². The van der Waals surface area contributed by atoms with E-state index in [0.717, 1.165) is 23.2 Å². The molecule has 0 atom stereocenters. The monoisotopic (exact) mass is 491 g/mol. The largest absolute Gasteiger partial charge is 0.497 e. The lowest BCUT2D eigenvalue weighted by Crippen LogP contribution is -2.26. The van der Waals surface area contributed by atoms with E-state index in [-0.39, 0.29) is 17.2 Å². The van der Waals surface area contributed by atoms with Crippen LogP contribution in [0, 0.1) is 6.92 Å². The van der Waals surface area contributed by atoms with Crippen molar-refractivity contribution in [3.63, 3.8) is 0 Å². The number of aromatic nitrogens is 4. The van der Waals surface area contributed by atoms with E-state index in [2.05, 4.69) is 17.3 Å². The molecule has 0 aliphatic heterocycles. The van der Waals surface area contributed by atoms with Gasteiger partial charge in [-0.25, -0.2) is 4.98 Å². The molecule has 0 spiro atoms. The number of nitrogens with zero attached hydrogens (tertiary/aromatic N) is 4. The Kier molecular flexibility index (Phi) is 7.55. The first-order valence-corrected chi connectivity index (χ1v) is 12.5. The Morgan fingerprint density at radius 2 is 1.94 bits per heavy atom. The Labute approximate surface area is 208 Å². The summed E-state index contributed by atoms with van der Waals surface area (Å²) in [6.45, 7) is 6.70. The molecule has 1 amide bonds. The number of nitrogens with one attached hydrogen (secondary N) is 1. The van der Waals surface area contributed by atoms with Gasteiger partial charge in [0.15, 0.2) is 10.7 Å². The van der Waals surface area contributed by atoms with E-state index in [9.17, 15) is 9.59 Å². The number of benzene rings is 2. The van der Waals surface area contributed by atoms with Crippen LogP contribution in [0.5, 0.6) is 5.75 Å². The molecule has 0 saturated heterocycles. The van der Waals surface area contributed by atoms with Crippen LogP contribution < -0.4 is 15.6 Å². The van der Waals surface area contributed by atoms with Gasteiger partial charge in [-0.05, 0) is 49.6 Å². The fourth-order valence-electron chi connectivity index (χ4n) is 3.99. The SMILES string of the molecule is CCc1ccccc1NC(=O)CSc1nc2c(C)nn(CC)c2c(=O)n1Cc1cccc(OC)c1. The van der Waals surface area contributed by atoms with Crippen molar-refractivity contribution in [3.8, 4) is 5.75 Å². The first-order chi connectivity index (χ1) is 16.9. The van der Waals surface area contributed by atoms with Crippen molar-refractivity contribution in [2.45, 2.75) is 45.4 Å². The number of anilines is 1. The molecule has 4 rings (SSSR count). The minimum atomic E-state index is -0.181. The van der Waals surface area contributed by atoms with Crippen LogP contribution in [0.15, 0.2) is 58.5 Å². The molecule has 0 fully saturated rings. The summed E-state index contributed by atoms with van der Waals surface area (Å²) >= 11 is 1.24. The van der Waals surface area contributed by atoms with Crippen LogP contribution in [-0.4, -0.2) is 38.1 Å². The molecule has 0 unspecified atom stereocenters. The fraction of sp³-hybridized carbons (Fsp3) is 0.308. The quantitative estimate of drug-likeness (QED) is 0.278. The van der Waals surface area contributed by atoms with Crippen LogP contribution in [0.4, 0.5) is 5.69 Å². The maximum atomic E-state index is 13.6. The molecule has 0 bridgehead atoms. The number of thioether (sulfide) groups is 1. The van der Waals surface area contributed by atoms with Crippen molar-refractivity contribution in [3.05, 3.63) is 75.7 Å². The second-order valence-electron chi connectivity index (χ2n) is 8.08. The molecule has 182 valence electrons. The number of carbonyl (C=O) groups is 1. The number of para-hydroxylation sites is 1. The number of hydrogen-bond donors (Lipinski definition) is 1. The summed E-state index contributed by atoms with van der Waals surface area (Å²) in [5.74, 6) is 0.677. The highest BCUT2D eigenvalue weighted by molar-refractivity contribution is 7.99. The van der Waals surface area contributed by atoms with E-state index in [1.165, 1.54) is 11.8 Å². The number of ether oxygens (including phenoxy) is 1. The van der Waals surface area contributed by atoms with E-state index in [1.807, 2.05) is 62.4 Å². The van der Waals surface area contributed by atoms with Gasteiger partial charge in [0.2, 0.25) is 5.91 Å². The van der Waals surface area contributed by atoms with E-state index in [4.69, 9.17) is 9.72 Å². The van der Waals surface area contributed by atoms with Gasteiger partial charge in [0.25, 0.3) is 5.56 Å². The van der Waals surface area contributed by atoms with Gasteiger partial charge < -0.3 is 10.1 Å². The van der Waals surface area contributed by atoms with Gasteiger partial charge in [0, 0.05) is 12.2 Å². The van der Waals surface area contributed by atoms with E-state index in [0.29, 0.717) is 40.7 Å². The fourth-order valence-corrected chi connectivity index (χ4v) is 4.78. The number of hydrogen-bond acceptors (Lipinski definition) is 6. The van der Waals surface area contributed by atoms with Crippen LogP contribution in [0.3, 0.4) is 0 Å². The minimum absolute atomic E-state index is 0.120. The highest BCUT2D eigenvalue weighted by Gasteiger charge is 2.19. The second kappa shape index (κ2) is 10.8. The average Bonchev–Trinajstić information content (AvgIpc) is 3.20. The van der Waals surface area contributed by atoms with Gasteiger partial charge in [-0.3, -0.25) is 18.8 Å². The van der Waals surface area contributed by atoms with Crippen molar-refractivity contribution in [1.82, 2.24) is 19.3 Å². The van der Waals surface area contributed by atoms with Crippen LogP contribution in [-0.2, 0) is 24.3 Å². The highest BCUT2D eigenvalue weighted by Crippen LogP contribution is 2.23. The molecule has 2 aromatic heterocycles. The van der Waals surface area contributed by atoms with Crippen molar-refractivity contribution in [2.75, 3.05) is 18.2 Å². The van der Waals surface area contributed by atoms with Gasteiger partial charge in [-0.15, -0.1) is 0 Å². The van der Waals surface area contributed by atoms with Crippen LogP contribution in [0.1, 0.15) is 30.7 Å². The van der Waals surface area contributed by atoms with Gasteiger partial charge in [-0.1, -0.05) is 49.0 Å². The molecule has 1 N–H and O–H groups in total. The summed E-state index contributed by atoms with van der Waals surface area (Å²) in [4.78, 5) is 31.2. The highest BCUT2D eigenvalue weighted by atomic mass is 32.2. The molecule has 0 aliphatic carbocycles. The molecule has 0 saturated carbocycles. The predicted molar refractivity (Wildman–Crippen MR) is 139 cm³/mol. The molecule has 35 heavy (non-hydrogen) atoms. The Hall–Kier alpha value is -3.59. The third-order valence-corrected chi connectivity index (χ3v) is 6.74. The van der Waals surface area contributed by atoms with Crippen LogP contribution in [0.25, 0.3) is 11.0 Å². The molecule has 0 radical (unpaired) electrons. The van der Waals surface area contributed by atoms with Gasteiger partial charge >= 0.3 is 0 Å². The Bertz CT molecular complexity index is 1430. The number of amides is 1. The molecule has 9 heteroatoms. The van der Waals surface area contributed by atoms with E-state index >= 15 is 0 Å². The standard InChI is InChI=1S/C26H29N5O3S/c1-5-19-11-7-8-13-21(19)27-22(32)16-35-26-28-23-17(3)29-31(6-2)24(23)25(33)30(26)15-18-10-9-12-20(14-18)34-4/h7-14H,5-6,15-16H2,1-4H3,(H,27,32). The zero-order valence-corrected chi connectivity index (χ0v) is 21.2. The number of rotatable bonds is 9. The third-order valence-electron chi connectivity index (χ3n) is 5.76. The molecular weight excluding hydrogens is 462 g/mol. The first kappa shape index (κ1) is 24.5. The number of carbonyl (C=O) groups excluding carboxylic acids is 1. The second-order valence-corrected chi connectivity index (χ2v) is 9.03. The predicted octanol–water partition coefficient (Wildman–Crippen LogP) is 4.27. The zero-order chi connectivity index (χ0) is 24.9. The van der Waals surface area contributed by atoms with Crippen molar-refractivity contribution >= 4 is 34.4 Å². The molecular formula is C26H29N5O3S. The number of aryl methyl sites for hydroxylation is 3. The lowest BCUT2D eigenvalue weighted by molar-refractivity contribution is -0.113. The summed E-state index contributed by atoms with van der Waals surface area (Å²) in [5, 5.41) is 7.95. The summed E-state index contributed by atoms with van der Waals surface area (Å²) in [6, 6.07) is 15.3. The molecule has 0 aliphatic rings. The van der Waals surface area contributed by atoms with Gasteiger partial charge in [-0.2, -0.15) is 5.10 Å². The first-order valence-electron chi connectivity index (χ1n) is 11.6. The van der Waals surface area contributed by atoms with E-state index < -0.39 is 0 Å². The maximum Gasteiger partial charge on any atom is 0.280 e. The summed E-state index contributed by atoms with van der Waals surface area (Å²) in [6.07, 6.45) is 0.822. The van der Waals surface area contributed by atoms with Crippen molar-refractivity contribution in [2.24, 2.45) is 0 Å². The molecule has 2 aromatic carbocycles. The summed E-state index contributed by atoms with van der Waals surface area (Å²) < 4.78 is 8.64. The Morgan fingerprint density at radius 1 is 1.14 bits per heavy atom. The summed E-state index contributed by atoms with van der Waals surface area (Å²) in [7, 11) is 1.61. The third kappa shape index (κ3) is 5.24.